The Kier molecular flexibility index (Phi) is 4.06. The number of likely N-dealkylation sites (N-methyl/N-ethyl adjacent to an activating group) is 1. The normalized spacial score (nSPS) is 20.4. The van der Waals surface area contributed by atoms with E-state index in [-0.39, 0.29) is 5.41 Å². The molecule has 1 unspecified atom stereocenters. The van der Waals surface area contributed by atoms with Crippen LogP contribution in [-0.2, 0) is 10.2 Å². The first-order valence-electron chi connectivity index (χ1n) is 10.1. The summed E-state index contributed by atoms with van der Waals surface area (Å²) in [6.45, 7) is 4.35. The molecular weight excluding hydrogens is 392 g/mol. The SMILES string of the molecule is COC(=O)c1cc2c3c(ccc2cc1OC)OC1(C=N3)N(C)c2ccccc2C1(C)C. The lowest BCUT2D eigenvalue weighted by molar-refractivity contribution is 0.0597. The van der Waals surface area contributed by atoms with E-state index in [9.17, 15) is 4.79 Å². The number of ether oxygens (including phenoxy) is 3. The fourth-order valence-electron chi connectivity index (χ4n) is 4.85. The second-order valence-electron chi connectivity index (χ2n) is 8.44. The third kappa shape index (κ3) is 2.45. The molecule has 158 valence electrons. The zero-order chi connectivity index (χ0) is 22.0. The van der Waals surface area contributed by atoms with Crippen LogP contribution in [0.5, 0.6) is 11.5 Å². The number of para-hydroxylation sites is 1. The van der Waals surface area contributed by atoms with Gasteiger partial charge < -0.3 is 19.1 Å². The Hall–Kier alpha value is -3.54. The van der Waals surface area contributed by atoms with Crippen LogP contribution in [0.15, 0.2) is 53.5 Å². The third-order valence-corrected chi connectivity index (χ3v) is 6.65. The molecule has 1 spiro atoms. The number of nitrogens with zero attached hydrogens (tertiary/aromatic N) is 2. The van der Waals surface area contributed by atoms with E-state index in [0.29, 0.717) is 22.7 Å². The molecule has 0 N–H and O–H groups in total. The lowest BCUT2D eigenvalue weighted by Crippen LogP contribution is -2.61. The Morgan fingerprint density at radius 3 is 2.58 bits per heavy atom. The number of rotatable bonds is 2. The number of carbonyl (C=O) groups is 1. The van der Waals surface area contributed by atoms with Crippen molar-refractivity contribution in [2.45, 2.75) is 25.0 Å². The molecule has 1 atom stereocenters. The molecule has 3 aromatic carbocycles. The molecule has 0 aromatic heterocycles. The second kappa shape index (κ2) is 6.48. The van der Waals surface area contributed by atoms with Crippen molar-refractivity contribution in [1.29, 1.82) is 0 Å². The molecule has 5 rings (SSSR count). The Labute approximate surface area is 181 Å². The average molecular weight is 416 g/mol. The number of aliphatic imine (C=N–C) groups is 1. The van der Waals surface area contributed by atoms with Gasteiger partial charge in [0.15, 0.2) is 0 Å². The van der Waals surface area contributed by atoms with E-state index in [4.69, 9.17) is 19.2 Å². The Bertz CT molecular complexity index is 1260. The third-order valence-electron chi connectivity index (χ3n) is 6.65. The first kappa shape index (κ1) is 19.4. The Balaban J connectivity index is 1.68. The highest BCUT2D eigenvalue weighted by molar-refractivity contribution is 6.05. The minimum Gasteiger partial charge on any atom is -0.496 e. The summed E-state index contributed by atoms with van der Waals surface area (Å²) in [6, 6.07) is 15.8. The minimum absolute atomic E-state index is 0.328. The van der Waals surface area contributed by atoms with Gasteiger partial charge in [-0.15, -0.1) is 0 Å². The maximum Gasteiger partial charge on any atom is 0.341 e. The molecule has 6 heteroatoms. The fourth-order valence-corrected chi connectivity index (χ4v) is 4.85. The smallest absolute Gasteiger partial charge is 0.341 e. The molecule has 2 heterocycles. The van der Waals surface area contributed by atoms with Crippen molar-refractivity contribution in [3.8, 4) is 11.5 Å². The number of fused-ring (bicyclic) bond motifs is 4. The summed E-state index contributed by atoms with van der Waals surface area (Å²) in [6.07, 6.45) is 1.89. The van der Waals surface area contributed by atoms with Gasteiger partial charge in [-0.05, 0) is 49.1 Å². The predicted molar refractivity (Wildman–Crippen MR) is 121 cm³/mol. The van der Waals surface area contributed by atoms with Gasteiger partial charge in [0, 0.05) is 18.1 Å². The summed E-state index contributed by atoms with van der Waals surface area (Å²) >= 11 is 0. The van der Waals surface area contributed by atoms with Crippen LogP contribution in [0, 0.1) is 0 Å². The number of carbonyl (C=O) groups excluding carboxylic acids is 1. The number of anilines is 1. The lowest BCUT2D eigenvalue weighted by Gasteiger charge is -2.45. The summed E-state index contributed by atoms with van der Waals surface area (Å²) in [5.74, 6) is 0.674. The highest BCUT2D eigenvalue weighted by Gasteiger charge is 2.58. The summed E-state index contributed by atoms with van der Waals surface area (Å²) in [5.41, 5.74) is 2.30. The van der Waals surface area contributed by atoms with Gasteiger partial charge in [-0.25, -0.2) is 4.79 Å². The van der Waals surface area contributed by atoms with Crippen LogP contribution in [-0.4, -0.2) is 39.2 Å². The highest BCUT2D eigenvalue weighted by atomic mass is 16.5. The van der Waals surface area contributed by atoms with Crippen molar-refractivity contribution < 1.29 is 19.0 Å². The van der Waals surface area contributed by atoms with Crippen LogP contribution in [0.2, 0.25) is 0 Å². The van der Waals surface area contributed by atoms with E-state index in [1.54, 1.807) is 6.07 Å². The number of hydrogen-bond acceptors (Lipinski definition) is 6. The molecule has 6 nitrogen and oxygen atoms in total. The number of benzene rings is 3. The standard InChI is InChI=1S/C25H24N2O4/c1-24(2)18-8-6-7-9-19(18)27(3)25(24)14-26-22-16-13-17(23(28)30-5)21(29-4)12-15(16)10-11-20(22)31-25/h6-14H,1-5H3. The van der Waals surface area contributed by atoms with Gasteiger partial charge in [-0.3, -0.25) is 4.99 Å². The number of methoxy groups -OCH3 is 2. The van der Waals surface area contributed by atoms with E-state index in [2.05, 4.69) is 36.9 Å². The Morgan fingerprint density at radius 1 is 1.10 bits per heavy atom. The van der Waals surface area contributed by atoms with Crippen LogP contribution < -0.4 is 14.4 Å². The van der Waals surface area contributed by atoms with Crippen LogP contribution in [0.1, 0.15) is 29.8 Å². The molecule has 2 aliphatic heterocycles. The lowest BCUT2D eigenvalue weighted by atomic mass is 9.77. The van der Waals surface area contributed by atoms with E-state index >= 15 is 0 Å². The summed E-state index contributed by atoms with van der Waals surface area (Å²) < 4.78 is 17.0. The van der Waals surface area contributed by atoms with Gasteiger partial charge in [0.2, 0.25) is 5.72 Å². The van der Waals surface area contributed by atoms with Crippen LogP contribution >= 0.6 is 0 Å². The molecule has 0 amide bonds. The molecule has 3 aromatic rings. The fraction of sp³-hybridized carbons (Fsp3) is 0.280. The maximum absolute atomic E-state index is 12.3. The maximum atomic E-state index is 12.3. The average Bonchev–Trinajstić information content (AvgIpc) is 2.95. The molecular formula is C25H24N2O4. The van der Waals surface area contributed by atoms with Crippen molar-refractivity contribution in [2.24, 2.45) is 4.99 Å². The first-order chi connectivity index (χ1) is 14.8. The van der Waals surface area contributed by atoms with Crippen molar-refractivity contribution in [3.05, 3.63) is 59.7 Å². The topological polar surface area (TPSA) is 60.4 Å². The summed E-state index contributed by atoms with van der Waals surface area (Å²) in [5, 5.41) is 1.71. The van der Waals surface area contributed by atoms with E-state index in [1.165, 1.54) is 19.8 Å². The van der Waals surface area contributed by atoms with Crippen molar-refractivity contribution in [2.75, 3.05) is 26.2 Å². The molecule has 0 fully saturated rings. The molecule has 2 aliphatic rings. The van der Waals surface area contributed by atoms with Gasteiger partial charge in [0.1, 0.15) is 22.7 Å². The molecule has 0 saturated carbocycles. The molecule has 0 saturated heterocycles. The molecule has 0 radical (unpaired) electrons. The van der Waals surface area contributed by atoms with Gasteiger partial charge >= 0.3 is 5.97 Å². The van der Waals surface area contributed by atoms with Crippen LogP contribution in [0.25, 0.3) is 10.8 Å². The quantitative estimate of drug-likeness (QED) is 0.559. The highest BCUT2D eigenvalue weighted by Crippen LogP contribution is 2.54. The van der Waals surface area contributed by atoms with Gasteiger partial charge in [0.05, 0.1) is 25.8 Å². The number of hydrogen-bond donors (Lipinski definition) is 0. The van der Waals surface area contributed by atoms with E-state index < -0.39 is 11.7 Å². The monoisotopic (exact) mass is 416 g/mol. The van der Waals surface area contributed by atoms with E-state index in [1.807, 2.05) is 37.5 Å². The molecule has 0 bridgehead atoms. The predicted octanol–water partition coefficient (Wildman–Crippen LogP) is 4.85. The van der Waals surface area contributed by atoms with Crippen molar-refractivity contribution in [1.82, 2.24) is 0 Å². The van der Waals surface area contributed by atoms with Crippen LogP contribution in [0.4, 0.5) is 11.4 Å². The van der Waals surface area contributed by atoms with Crippen molar-refractivity contribution >= 4 is 34.3 Å². The largest absolute Gasteiger partial charge is 0.496 e. The number of esters is 1. The molecule has 0 aliphatic carbocycles. The zero-order valence-electron chi connectivity index (χ0n) is 18.2. The van der Waals surface area contributed by atoms with Gasteiger partial charge in [-0.1, -0.05) is 24.3 Å². The first-order valence-corrected chi connectivity index (χ1v) is 10.1. The van der Waals surface area contributed by atoms with Gasteiger partial charge in [-0.2, -0.15) is 0 Å². The van der Waals surface area contributed by atoms with E-state index in [0.717, 1.165) is 16.5 Å². The Morgan fingerprint density at radius 2 is 1.87 bits per heavy atom. The van der Waals surface area contributed by atoms with Gasteiger partial charge in [0.25, 0.3) is 0 Å². The second-order valence-corrected chi connectivity index (χ2v) is 8.44. The minimum atomic E-state index is -0.755. The zero-order valence-corrected chi connectivity index (χ0v) is 18.2. The van der Waals surface area contributed by atoms with Crippen molar-refractivity contribution in [3.63, 3.8) is 0 Å². The van der Waals surface area contributed by atoms with Crippen LogP contribution in [0.3, 0.4) is 0 Å². The summed E-state index contributed by atoms with van der Waals surface area (Å²) in [7, 11) is 4.92. The summed E-state index contributed by atoms with van der Waals surface area (Å²) in [4.78, 5) is 19.3. The molecule has 31 heavy (non-hydrogen) atoms.